The Bertz CT molecular complexity index is 1530. The van der Waals surface area contributed by atoms with Crippen LogP contribution in [0.25, 0.3) is 6.08 Å². The zero-order valence-corrected chi connectivity index (χ0v) is 22.7. The maximum Gasteiger partial charge on any atom is 0.347 e. The zero-order chi connectivity index (χ0) is 28.0. The number of aromatic amines is 1. The lowest BCUT2D eigenvalue weighted by Gasteiger charge is -2.33. The minimum atomic E-state index is -0.810. The number of hydrogen-bond donors (Lipinski definition) is 1. The number of benzene rings is 2. The Labute approximate surface area is 220 Å². The second-order valence-corrected chi connectivity index (χ2v) is 11.5. The molecule has 0 saturated carbocycles. The van der Waals surface area contributed by atoms with E-state index in [1.165, 1.54) is 11.7 Å². The van der Waals surface area contributed by atoms with Crippen molar-refractivity contribution in [2.45, 2.75) is 53.5 Å². The average Bonchev–Trinajstić information content (AvgIpc) is 3.10. The van der Waals surface area contributed by atoms with Crippen LogP contribution in [0.15, 0.2) is 58.1 Å². The molecule has 0 bridgehead atoms. The predicted octanol–water partition coefficient (Wildman–Crippen LogP) is 4.18. The van der Waals surface area contributed by atoms with Gasteiger partial charge in [0.2, 0.25) is 0 Å². The Morgan fingerprint density at radius 1 is 0.842 bits per heavy atom. The molecule has 0 radical (unpaired) electrons. The third kappa shape index (κ3) is 5.01. The number of aromatic nitrogens is 3. The summed E-state index contributed by atoms with van der Waals surface area (Å²) in [5, 5.41) is 2.65. The normalized spacial score (nSPS) is 17.1. The van der Waals surface area contributed by atoms with E-state index < -0.39 is 46.1 Å². The van der Waals surface area contributed by atoms with Crippen molar-refractivity contribution in [2.24, 2.45) is 17.9 Å². The molecule has 200 valence electrons. The molecule has 0 aliphatic heterocycles. The minimum Gasteiger partial charge on any atom is -0.426 e. The van der Waals surface area contributed by atoms with Crippen molar-refractivity contribution in [3.63, 3.8) is 0 Å². The number of carbonyl (C=O) groups excluding carboxylic acids is 2. The van der Waals surface area contributed by atoms with Crippen molar-refractivity contribution in [2.75, 3.05) is 0 Å². The van der Waals surface area contributed by atoms with Gasteiger partial charge in [0.1, 0.15) is 11.5 Å². The first kappa shape index (κ1) is 26.9. The Kier molecular flexibility index (Phi) is 6.82. The average molecular weight is 520 g/mol. The highest BCUT2D eigenvalue weighted by atomic mass is 16.5. The molecule has 9 nitrogen and oxygen atoms in total. The highest BCUT2D eigenvalue weighted by Crippen LogP contribution is 2.48. The highest BCUT2D eigenvalue weighted by Gasteiger charge is 2.38. The SMILES string of the molecule is Cn1c(=O)[nH]n([C@H]2c3c(OC(=O)C(C)(C)C)ccc(OC(=O)C(C)(C)C)c3C=C[C@@H]2c2ccccc2)c1=O. The summed E-state index contributed by atoms with van der Waals surface area (Å²) in [5.74, 6) is -0.866. The van der Waals surface area contributed by atoms with Gasteiger partial charge >= 0.3 is 23.3 Å². The van der Waals surface area contributed by atoms with Gasteiger partial charge in [-0.05, 0) is 59.2 Å². The Morgan fingerprint density at radius 2 is 1.39 bits per heavy atom. The second kappa shape index (κ2) is 9.63. The maximum absolute atomic E-state index is 13.2. The summed E-state index contributed by atoms with van der Waals surface area (Å²) >= 11 is 0. The van der Waals surface area contributed by atoms with Gasteiger partial charge in [0, 0.05) is 24.1 Å². The molecule has 1 aliphatic carbocycles. The van der Waals surface area contributed by atoms with Crippen LogP contribution in [0.3, 0.4) is 0 Å². The van der Waals surface area contributed by atoms with E-state index in [2.05, 4.69) is 5.10 Å². The summed E-state index contributed by atoms with van der Waals surface area (Å²) < 4.78 is 13.9. The van der Waals surface area contributed by atoms with Crippen molar-refractivity contribution in [3.05, 3.63) is 86.2 Å². The van der Waals surface area contributed by atoms with Gasteiger partial charge in [-0.2, -0.15) is 0 Å². The van der Waals surface area contributed by atoms with Crippen LogP contribution in [0.5, 0.6) is 11.5 Å². The Morgan fingerprint density at radius 3 is 1.92 bits per heavy atom. The molecule has 1 heterocycles. The van der Waals surface area contributed by atoms with Gasteiger partial charge in [0.15, 0.2) is 0 Å². The van der Waals surface area contributed by atoms with Crippen molar-refractivity contribution < 1.29 is 19.1 Å². The van der Waals surface area contributed by atoms with Crippen molar-refractivity contribution in [3.8, 4) is 11.5 Å². The first-order chi connectivity index (χ1) is 17.7. The van der Waals surface area contributed by atoms with Gasteiger partial charge in [0.05, 0.1) is 16.9 Å². The molecule has 4 rings (SSSR count). The molecule has 0 spiro atoms. The Balaban J connectivity index is 2.02. The largest absolute Gasteiger partial charge is 0.426 e. The van der Waals surface area contributed by atoms with E-state index >= 15 is 0 Å². The molecule has 0 saturated heterocycles. The smallest absolute Gasteiger partial charge is 0.347 e. The summed E-state index contributed by atoms with van der Waals surface area (Å²) in [6.45, 7) is 10.5. The third-order valence-corrected chi connectivity index (χ3v) is 6.42. The summed E-state index contributed by atoms with van der Waals surface area (Å²) in [6, 6.07) is 11.8. The van der Waals surface area contributed by atoms with Crippen LogP contribution in [0.1, 0.15) is 70.2 Å². The van der Waals surface area contributed by atoms with Gasteiger partial charge in [-0.15, -0.1) is 0 Å². The van der Waals surface area contributed by atoms with Crippen LogP contribution in [0, 0.1) is 10.8 Å². The van der Waals surface area contributed by atoms with E-state index in [0.29, 0.717) is 11.1 Å². The van der Waals surface area contributed by atoms with Crippen molar-refractivity contribution in [1.29, 1.82) is 0 Å². The van der Waals surface area contributed by atoms with Crippen LogP contribution in [0.4, 0.5) is 0 Å². The number of carbonyl (C=O) groups is 2. The second-order valence-electron chi connectivity index (χ2n) is 11.5. The molecule has 2 atom stereocenters. The molecular weight excluding hydrogens is 486 g/mol. The maximum atomic E-state index is 13.2. The lowest BCUT2D eigenvalue weighted by Crippen LogP contribution is -2.34. The first-order valence-electron chi connectivity index (χ1n) is 12.4. The molecular formula is C29H33N3O6. The van der Waals surface area contributed by atoms with E-state index in [0.717, 1.165) is 10.1 Å². The molecule has 38 heavy (non-hydrogen) atoms. The summed E-state index contributed by atoms with van der Waals surface area (Å²) in [5.41, 5.74) is -0.912. The van der Waals surface area contributed by atoms with Gasteiger partial charge in [-0.1, -0.05) is 42.5 Å². The number of rotatable bonds is 4. The summed E-state index contributed by atoms with van der Waals surface area (Å²) in [4.78, 5) is 51.5. The molecule has 1 N–H and O–H groups in total. The highest BCUT2D eigenvalue weighted by molar-refractivity contribution is 5.82. The third-order valence-electron chi connectivity index (χ3n) is 6.42. The van der Waals surface area contributed by atoms with Crippen LogP contribution >= 0.6 is 0 Å². The van der Waals surface area contributed by atoms with Crippen LogP contribution in [0.2, 0.25) is 0 Å². The van der Waals surface area contributed by atoms with E-state index in [1.54, 1.807) is 59.8 Å². The van der Waals surface area contributed by atoms with Gasteiger partial charge in [-0.3, -0.25) is 9.59 Å². The number of fused-ring (bicyclic) bond motifs is 1. The van der Waals surface area contributed by atoms with E-state index in [1.807, 2.05) is 36.4 Å². The lowest BCUT2D eigenvalue weighted by molar-refractivity contribution is -0.144. The van der Waals surface area contributed by atoms with E-state index in [4.69, 9.17) is 9.47 Å². The molecule has 0 fully saturated rings. The van der Waals surface area contributed by atoms with Gasteiger partial charge in [-0.25, -0.2) is 23.9 Å². The van der Waals surface area contributed by atoms with Crippen molar-refractivity contribution in [1.82, 2.24) is 14.3 Å². The van der Waals surface area contributed by atoms with E-state index in [9.17, 15) is 19.2 Å². The fraction of sp³-hybridized carbons (Fsp3) is 0.379. The number of allylic oxidation sites excluding steroid dienone is 1. The zero-order valence-electron chi connectivity index (χ0n) is 22.7. The van der Waals surface area contributed by atoms with Crippen LogP contribution in [-0.4, -0.2) is 26.3 Å². The van der Waals surface area contributed by atoms with Crippen LogP contribution < -0.4 is 20.9 Å². The molecule has 1 aliphatic rings. The molecule has 0 unspecified atom stereocenters. The molecule has 3 aromatic rings. The molecule has 0 amide bonds. The van der Waals surface area contributed by atoms with Crippen molar-refractivity contribution >= 4 is 18.0 Å². The van der Waals surface area contributed by atoms with Gasteiger partial charge in [0.25, 0.3) is 0 Å². The van der Waals surface area contributed by atoms with Crippen LogP contribution in [-0.2, 0) is 16.6 Å². The topological polar surface area (TPSA) is 112 Å². The number of hydrogen-bond acceptors (Lipinski definition) is 6. The quantitative estimate of drug-likeness (QED) is 0.409. The fourth-order valence-corrected chi connectivity index (χ4v) is 4.16. The number of H-pyrrole nitrogens is 1. The number of nitrogens with one attached hydrogen (secondary N) is 1. The number of esters is 2. The number of nitrogens with zero attached hydrogens (tertiary/aromatic N) is 2. The predicted molar refractivity (Wildman–Crippen MR) is 143 cm³/mol. The molecule has 1 aromatic heterocycles. The molecule has 9 heteroatoms. The fourth-order valence-electron chi connectivity index (χ4n) is 4.16. The summed E-state index contributed by atoms with van der Waals surface area (Å²) in [6.07, 6.45) is 3.69. The molecule has 2 aromatic carbocycles. The Hall–Kier alpha value is -4.14. The minimum absolute atomic E-state index is 0.211. The number of ether oxygens (including phenoxy) is 2. The summed E-state index contributed by atoms with van der Waals surface area (Å²) in [7, 11) is 1.39. The van der Waals surface area contributed by atoms with E-state index in [-0.39, 0.29) is 11.5 Å². The monoisotopic (exact) mass is 519 g/mol. The first-order valence-corrected chi connectivity index (χ1v) is 12.4. The lowest BCUT2D eigenvalue weighted by atomic mass is 9.80. The standard InChI is InChI=1S/C29H33N3O6/c1-28(2,3)24(33)37-20-15-16-21(38-25(34)29(4,5)6)22-19(20)14-13-18(17-11-9-8-10-12-17)23(22)32-27(36)31(7)26(35)30-32/h8-16,18,23H,1-7H3,(H,30,35)/t18-,23-/m1/s1. The van der Waals surface area contributed by atoms with Gasteiger partial charge < -0.3 is 9.47 Å².